The van der Waals surface area contributed by atoms with Crippen LogP contribution >= 0.6 is 0 Å². The first-order valence-electron chi connectivity index (χ1n) is 6.00. The second-order valence-electron chi connectivity index (χ2n) is 4.89. The SMILES string of the molecule is C1CC(=C2CCOC3(CCOC3)C2)CN1. The molecule has 3 nitrogen and oxygen atoms in total. The largest absolute Gasteiger partial charge is 0.378 e. The van der Waals surface area contributed by atoms with E-state index in [1.54, 1.807) is 11.1 Å². The van der Waals surface area contributed by atoms with Crippen molar-refractivity contribution in [3.05, 3.63) is 11.1 Å². The van der Waals surface area contributed by atoms with Crippen molar-refractivity contribution in [3.8, 4) is 0 Å². The van der Waals surface area contributed by atoms with Crippen LogP contribution in [-0.4, -0.2) is 38.5 Å². The van der Waals surface area contributed by atoms with Gasteiger partial charge in [0.2, 0.25) is 0 Å². The van der Waals surface area contributed by atoms with Crippen LogP contribution in [0.1, 0.15) is 25.7 Å². The van der Waals surface area contributed by atoms with Crippen molar-refractivity contribution in [1.82, 2.24) is 5.32 Å². The zero-order valence-corrected chi connectivity index (χ0v) is 9.18. The number of ether oxygens (including phenoxy) is 2. The smallest absolute Gasteiger partial charge is 0.0973 e. The van der Waals surface area contributed by atoms with Crippen molar-refractivity contribution in [1.29, 1.82) is 0 Å². The highest BCUT2D eigenvalue weighted by Gasteiger charge is 2.39. The molecule has 3 heteroatoms. The fraction of sp³-hybridized carbons (Fsp3) is 0.833. The number of rotatable bonds is 0. The summed E-state index contributed by atoms with van der Waals surface area (Å²) in [6, 6.07) is 0. The molecule has 0 aromatic carbocycles. The molecule has 0 aromatic heterocycles. The molecular weight excluding hydrogens is 190 g/mol. The topological polar surface area (TPSA) is 30.5 Å². The monoisotopic (exact) mass is 209 g/mol. The summed E-state index contributed by atoms with van der Waals surface area (Å²) in [5, 5.41) is 3.42. The molecule has 3 rings (SSSR count). The van der Waals surface area contributed by atoms with Gasteiger partial charge in [0.15, 0.2) is 0 Å². The summed E-state index contributed by atoms with van der Waals surface area (Å²) in [6.07, 6.45) is 4.58. The Morgan fingerprint density at radius 1 is 1.13 bits per heavy atom. The average molecular weight is 209 g/mol. The summed E-state index contributed by atoms with van der Waals surface area (Å²) < 4.78 is 11.4. The lowest BCUT2D eigenvalue weighted by atomic mass is 9.86. The lowest BCUT2D eigenvalue weighted by Crippen LogP contribution is -2.38. The molecule has 3 heterocycles. The van der Waals surface area contributed by atoms with Gasteiger partial charge in [0.05, 0.1) is 18.8 Å². The predicted molar refractivity (Wildman–Crippen MR) is 57.9 cm³/mol. The fourth-order valence-corrected chi connectivity index (χ4v) is 2.93. The highest BCUT2D eigenvalue weighted by atomic mass is 16.6. The molecule has 0 aromatic rings. The highest BCUT2D eigenvalue weighted by Crippen LogP contribution is 2.37. The van der Waals surface area contributed by atoms with Gasteiger partial charge in [-0.05, 0) is 19.4 Å². The summed E-state index contributed by atoms with van der Waals surface area (Å²) >= 11 is 0. The second-order valence-corrected chi connectivity index (χ2v) is 4.89. The normalized spacial score (nSPS) is 41.6. The Balaban J connectivity index is 1.78. The molecule has 1 atom stereocenters. The van der Waals surface area contributed by atoms with Gasteiger partial charge in [-0.3, -0.25) is 0 Å². The third-order valence-electron chi connectivity index (χ3n) is 3.86. The average Bonchev–Trinajstić information content (AvgIpc) is 2.89. The third kappa shape index (κ3) is 1.84. The number of hydrogen-bond acceptors (Lipinski definition) is 3. The molecule has 3 saturated heterocycles. The van der Waals surface area contributed by atoms with Gasteiger partial charge in [0, 0.05) is 26.0 Å². The molecule has 0 saturated carbocycles. The van der Waals surface area contributed by atoms with Gasteiger partial charge in [0.1, 0.15) is 0 Å². The highest BCUT2D eigenvalue weighted by molar-refractivity contribution is 5.23. The molecule has 1 spiro atoms. The molecule has 3 aliphatic rings. The van der Waals surface area contributed by atoms with Crippen LogP contribution in [0.15, 0.2) is 11.1 Å². The minimum absolute atomic E-state index is 0.0448. The van der Waals surface area contributed by atoms with E-state index < -0.39 is 0 Å². The van der Waals surface area contributed by atoms with Gasteiger partial charge < -0.3 is 14.8 Å². The summed E-state index contributed by atoms with van der Waals surface area (Å²) in [6.45, 7) is 4.83. The molecule has 15 heavy (non-hydrogen) atoms. The van der Waals surface area contributed by atoms with E-state index in [4.69, 9.17) is 9.47 Å². The molecule has 3 aliphatic heterocycles. The minimum Gasteiger partial charge on any atom is -0.378 e. The molecule has 0 radical (unpaired) electrons. The van der Waals surface area contributed by atoms with Gasteiger partial charge in [-0.25, -0.2) is 0 Å². The molecule has 0 bridgehead atoms. The van der Waals surface area contributed by atoms with Crippen LogP contribution in [-0.2, 0) is 9.47 Å². The summed E-state index contributed by atoms with van der Waals surface area (Å²) in [5.74, 6) is 0. The Bertz CT molecular complexity index is 271. The summed E-state index contributed by atoms with van der Waals surface area (Å²) in [5.41, 5.74) is 3.34. The van der Waals surface area contributed by atoms with Gasteiger partial charge in [-0.1, -0.05) is 11.1 Å². The van der Waals surface area contributed by atoms with E-state index in [0.29, 0.717) is 0 Å². The minimum atomic E-state index is 0.0448. The lowest BCUT2D eigenvalue weighted by Gasteiger charge is -2.34. The van der Waals surface area contributed by atoms with Crippen LogP contribution in [0, 0.1) is 0 Å². The Morgan fingerprint density at radius 2 is 2.13 bits per heavy atom. The Morgan fingerprint density at radius 3 is 2.87 bits per heavy atom. The van der Waals surface area contributed by atoms with Crippen LogP contribution in [0.4, 0.5) is 0 Å². The predicted octanol–water partition coefficient (Wildman–Crippen LogP) is 1.25. The molecule has 0 amide bonds. The summed E-state index contributed by atoms with van der Waals surface area (Å²) in [7, 11) is 0. The number of hydrogen-bond donors (Lipinski definition) is 1. The van der Waals surface area contributed by atoms with Gasteiger partial charge in [-0.2, -0.15) is 0 Å². The summed E-state index contributed by atoms with van der Waals surface area (Å²) in [4.78, 5) is 0. The van der Waals surface area contributed by atoms with Gasteiger partial charge >= 0.3 is 0 Å². The first-order valence-corrected chi connectivity index (χ1v) is 6.00. The quantitative estimate of drug-likeness (QED) is 0.609. The van der Waals surface area contributed by atoms with E-state index in [9.17, 15) is 0 Å². The van der Waals surface area contributed by atoms with Crippen molar-refractivity contribution >= 4 is 0 Å². The van der Waals surface area contributed by atoms with E-state index in [2.05, 4.69) is 5.32 Å². The van der Waals surface area contributed by atoms with E-state index in [0.717, 1.165) is 52.2 Å². The Hall–Kier alpha value is -0.380. The molecule has 1 N–H and O–H groups in total. The first-order chi connectivity index (χ1) is 7.38. The van der Waals surface area contributed by atoms with E-state index in [1.165, 1.54) is 6.42 Å². The Labute approximate surface area is 90.8 Å². The van der Waals surface area contributed by atoms with E-state index >= 15 is 0 Å². The molecule has 84 valence electrons. The maximum Gasteiger partial charge on any atom is 0.0973 e. The maximum atomic E-state index is 5.94. The molecule has 1 unspecified atom stereocenters. The lowest BCUT2D eigenvalue weighted by molar-refractivity contribution is -0.0638. The van der Waals surface area contributed by atoms with Crippen LogP contribution < -0.4 is 5.32 Å². The van der Waals surface area contributed by atoms with Gasteiger partial charge in [0.25, 0.3) is 0 Å². The third-order valence-corrected chi connectivity index (χ3v) is 3.86. The van der Waals surface area contributed by atoms with Crippen LogP contribution in [0.25, 0.3) is 0 Å². The van der Waals surface area contributed by atoms with Gasteiger partial charge in [-0.15, -0.1) is 0 Å². The standard InChI is InChI=1S/C12H19NO2/c1-4-13-8-11(1)10-2-5-15-12(7-10)3-6-14-9-12/h13H,1-9H2. The van der Waals surface area contributed by atoms with Crippen LogP contribution in [0.5, 0.6) is 0 Å². The van der Waals surface area contributed by atoms with E-state index in [-0.39, 0.29) is 5.60 Å². The second kappa shape index (κ2) is 3.89. The van der Waals surface area contributed by atoms with Crippen LogP contribution in [0.3, 0.4) is 0 Å². The first kappa shape index (κ1) is 9.82. The molecular formula is C12H19NO2. The fourth-order valence-electron chi connectivity index (χ4n) is 2.93. The zero-order valence-electron chi connectivity index (χ0n) is 9.18. The van der Waals surface area contributed by atoms with Crippen LogP contribution in [0.2, 0.25) is 0 Å². The molecule has 3 fully saturated rings. The zero-order chi connectivity index (χ0) is 10.1. The maximum absolute atomic E-state index is 5.94. The Kier molecular flexibility index (Phi) is 2.54. The van der Waals surface area contributed by atoms with Crippen molar-refractivity contribution < 1.29 is 9.47 Å². The van der Waals surface area contributed by atoms with Crippen molar-refractivity contribution in [2.75, 3.05) is 32.9 Å². The molecule has 0 aliphatic carbocycles. The van der Waals surface area contributed by atoms with Crippen molar-refractivity contribution in [2.45, 2.75) is 31.3 Å². The number of nitrogens with one attached hydrogen (secondary N) is 1. The van der Waals surface area contributed by atoms with Crippen molar-refractivity contribution in [2.24, 2.45) is 0 Å². The van der Waals surface area contributed by atoms with Crippen molar-refractivity contribution in [3.63, 3.8) is 0 Å². The van der Waals surface area contributed by atoms with E-state index in [1.807, 2.05) is 0 Å².